The molecule has 5 aromatic rings. The van der Waals surface area contributed by atoms with E-state index < -0.39 is 46.8 Å². The third kappa shape index (κ3) is 8.63. The number of amides is 4. The molecule has 5 N–H and O–H groups in total. The van der Waals surface area contributed by atoms with Crippen LogP contribution in [0, 0.1) is 11.8 Å². The Balaban J connectivity index is 1.11. The number of imidazole rings is 2. The van der Waals surface area contributed by atoms with E-state index in [1.807, 2.05) is 49.8 Å². The molecular weight excluding hydrogens is 793 g/mol. The lowest BCUT2D eigenvalue weighted by molar-refractivity contribution is -0.139. The van der Waals surface area contributed by atoms with Crippen LogP contribution in [0.15, 0.2) is 60.8 Å². The van der Waals surface area contributed by atoms with Crippen LogP contribution >= 0.6 is 0 Å². The van der Waals surface area contributed by atoms with Crippen LogP contribution in [0.1, 0.15) is 51.4 Å². The Morgan fingerprint density at radius 1 is 0.783 bits per heavy atom. The third-order valence-corrected chi connectivity index (χ3v) is 17.4. The van der Waals surface area contributed by atoms with E-state index in [2.05, 4.69) is 95.3 Å². The number of H-pyrrole nitrogens is 2. The minimum absolute atomic E-state index is 0.115. The summed E-state index contributed by atoms with van der Waals surface area (Å²) in [6.07, 6.45) is 2.54. The molecule has 4 atom stereocenters. The Morgan fingerprint density at radius 2 is 1.35 bits per heavy atom. The van der Waals surface area contributed by atoms with E-state index in [9.17, 15) is 24.3 Å². The predicted octanol–water partition coefficient (Wildman–Crippen LogP) is 6.55. The van der Waals surface area contributed by atoms with Crippen molar-refractivity contribution in [1.82, 2.24) is 40.4 Å². The molecule has 3 unspecified atom stereocenters. The van der Waals surface area contributed by atoms with Gasteiger partial charge in [0.15, 0.2) is 0 Å². The average molecular weight is 851 g/mol. The van der Waals surface area contributed by atoms with Crippen LogP contribution in [0.3, 0.4) is 0 Å². The number of aliphatic hydroxyl groups is 1. The van der Waals surface area contributed by atoms with Gasteiger partial charge in [0, 0.05) is 17.7 Å². The van der Waals surface area contributed by atoms with E-state index in [4.69, 9.17) is 14.7 Å². The van der Waals surface area contributed by atoms with E-state index in [1.165, 1.54) is 7.11 Å². The van der Waals surface area contributed by atoms with E-state index >= 15 is 0 Å². The van der Waals surface area contributed by atoms with Crippen molar-refractivity contribution in [2.45, 2.75) is 90.1 Å². The van der Waals surface area contributed by atoms with Gasteiger partial charge in [-0.05, 0) is 58.1 Å². The second kappa shape index (κ2) is 16.6. The number of nitrogens with zero attached hydrogens (tertiary/aromatic N) is 4. The number of aromatic amines is 2. The van der Waals surface area contributed by atoms with Crippen LogP contribution in [0.4, 0.5) is 4.79 Å². The topological polar surface area (TPSA) is 186 Å². The average Bonchev–Trinajstić information content (AvgIpc) is 4.01. The molecule has 0 bridgehead atoms. The molecule has 4 heterocycles. The first-order chi connectivity index (χ1) is 28.4. The SMILES string of the molecule is COC(=O)NC(C(=O)N1C[Si](C)(C)CC1c1ncc(-c2ccc(-c3ccc4c(ccc5[nH]c([C@@H]6C[Si](C)(C)CN6C(=O)C(NC(=O)CO)C(C)C)nc54)c3)cc2)[nH]1)C(C)C. The van der Waals surface area contributed by atoms with Crippen molar-refractivity contribution in [1.29, 1.82) is 0 Å². The van der Waals surface area contributed by atoms with E-state index in [-0.39, 0.29) is 35.7 Å². The fourth-order valence-corrected chi connectivity index (χ4v) is 14.7. The Hall–Kier alpha value is -5.33. The van der Waals surface area contributed by atoms with Crippen molar-refractivity contribution in [2.24, 2.45) is 11.8 Å². The molecule has 0 spiro atoms. The number of hydrogen-bond acceptors (Lipinski definition) is 8. The fraction of sp³-hybridized carbons (Fsp3) is 0.455. The van der Waals surface area contributed by atoms with Gasteiger partial charge in [0.2, 0.25) is 17.7 Å². The lowest BCUT2D eigenvalue weighted by Crippen LogP contribution is -2.52. The molecule has 7 rings (SSSR count). The van der Waals surface area contributed by atoms with Crippen LogP contribution in [-0.2, 0) is 19.1 Å². The maximum Gasteiger partial charge on any atom is 0.407 e. The monoisotopic (exact) mass is 850 g/mol. The number of hydrogen-bond donors (Lipinski definition) is 5. The molecule has 2 fully saturated rings. The highest BCUT2D eigenvalue weighted by Gasteiger charge is 2.47. The van der Waals surface area contributed by atoms with Crippen molar-refractivity contribution in [3.05, 3.63) is 72.4 Å². The summed E-state index contributed by atoms with van der Waals surface area (Å²) in [4.78, 5) is 72.9. The number of carbonyl (C=O) groups is 4. The van der Waals surface area contributed by atoms with Crippen LogP contribution < -0.4 is 10.6 Å². The standard InChI is InChI=1S/C44H58N8O6Si2/c1-25(2)37(48-36(54)20-53)42(55)52-24-60(8,9)22-35(52)41-46-32-17-15-30-18-29(14-16-31(30)39(32)49-41)27-10-12-28(13-11-27)33-19-45-40(47-33)34-21-59(6,7)23-51(34)43(56)38(26(3)4)50-44(57)58-5/h10-19,25-26,34-35,37-38,53H,20-24H2,1-9H3,(H,45,47)(H,46,49)(H,48,54)(H,50,57)/t34?,35-,37?,38?/m0/s1. The highest BCUT2D eigenvalue weighted by Crippen LogP contribution is 2.40. The van der Waals surface area contributed by atoms with E-state index in [0.29, 0.717) is 12.3 Å². The number of fused-ring (bicyclic) bond motifs is 3. The van der Waals surface area contributed by atoms with Crippen LogP contribution in [0.5, 0.6) is 0 Å². The predicted molar refractivity (Wildman–Crippen MR) is 238 cm³/mol. The van der Waals surface area contributed by atoms with Gasteiger partial charge in [0.25, 0.3) is 0 Å². The third-order valence-electron chi connectivity index (χ3n) is 12.0. The number of rotatable bonds is 11. The summed E-state index contributed by atoms with van der Waals surface area (Å²) in [5.41, 5.74) is 5.70. The van der Waals surface area contributed by atoms with Crippen LogP contribution in [-0.4, -0.2) is 113 Å². The maximum atomic E-state index is 14.0. The van der Waals surface area contributed by atoms with Crippen molar-refractivity contribution in [2.75, 3.05) is 26.1 Å². The van der Waals surface area contributed by atoms with Gasteiger partial charge >= 0.3 is 6.09 Å². The Bertz CT molecular complexity index is 2430. The van der Waals surface area contributed by atoms with Gasteiger partial charge in [-0.3, -0.25) is 14.4 Å². The zero-order chi connectivity index (χ0) is 43.3. The van der Waals surface area contributed by atoms with Gasteiger partial charge in [-0.2, -0.15) is 0 Å². The summed E-state index contributed by atoms with van der Waals surface area (Å²) in [6, 6.07) is 18.7. The van der Waals surface area contributed by atoms with Crippen molar-refractivity contribution < 1.29 is 29.0 Å². The summed E-state index contributed by atoms with van der Waals surface area (Å²) < 4.78 is 4.81. The minimum atomic E-state index is -1.80. The Labute approximate surface area is 352 Å². The molecule has 2 saturated heterocycles. The van der Waals surface area contributed by atoms with Gasteiger partial charge in [-0.25, -0.2) is 14.8 Å². The van der Waals surface area contributed by atoms with Gasteiger partial charge < -0.3 is 40.2 Å². The molecule has 60 heavy (non-hydrogen) atoms. The van der Waals surface area contributed by atoms with Crippen LogP contribution in [0.25, 0.3) is 44.2 Å². The second-order valence-corrected chi connectivity index (χ2v) is 28.9. The normalized spacial score (nSPS) is 19.6. The lowest BCUT2D eigenvalue weighted by atomic mass is 9.99. The second-order valence-electron chi connectivity index (χ2n) is 18.8. The quantitative estimate of drug-likeness (QED) is 0.0927. The number of nitrogens with one attached hydrogen (secondary N) is 4. The highest BCUT2D eigenvalue weighted by molar-refractivity contribution is 6.79. The summed E-state index contributed by atoms with van der Waals surface area (Å²) >= 11 is 0. The maximum absolute atomic E-state index is 14.0. The van der Waals surface area contributed by atoms with Gasteiger partial charge in [-0.1, -0.05) is 96.3 Å². The Kier molecular flexibility index (Phi) is 11.8. The number of methoxy groups -OCH3 is 1. The minimum Gasteiger partial charge on any atom is -0.453 e. The smallest absolute Gasteiger partial charge is 0.407 e. The van der Waals surface area contributed by atoms with Gasteiger partial charge in [-0.15, -0.1) is 0 Å². The molecule has 318 valence electrons. The van der Waals surface area contributed by atoms with Gasteiger partial charge in [0.05, 0.1) is 58.3 Å². The molecule has 3 aromatic carbocycles. The van der Waals surface area contributed by atoms with Crippen molar-refractivity contribution >= 4 is 61.8 Å². The molecule has 14 nitrogen and oxygen atoms in total. The molecule has 2 aliphatic rings. The number of alkyl carbamates (subject to hydrolysis) is 1. The number of carbonyl (C=O) groups excluding carboxylic acids is 4. The largest absolute Gasteiger partial charge is 0.453 e. The van der Waals surface area contributed by atoms with Crippen molar-refractivity contribution in [3.8, 4) is 22.4 Å². The summed E-state index contributed by atoms with van der Waals surface area (Å²) in [5.74, 6) is 0.399. The molecular formula is C44H58N8O6Si2. The summed E-state index contributed by atoms with van der Waals surface area (Å²) in [6.45, 7) is 16.1. The number of ether oxygens (including phenoxy) is 1. The lowest BCUT2D eigenvalue weighted by Gasteiger charge is -2.30. The van der Waals surface area contributed by atoms with E-state index in [1.54, 1.807) is 0 Å². The molecule has 16 heteroatoms. The molecule has 0 saturated carbocycles. The molecule has 0 aliphatic carbocycles. The molecule has 2 aromatic heterocycles. The first-order valence-corrected chi connectivity index (χ1v) is 27.6. The molecule has 0 radical (unpaired) electrons. The molecule has 4 amide bonds. The van der Waals surface area contributed by atoms with Crippen molar-refractivity contribution in [3.63, 3.8) is 0 Å². The highest BCUT2D eigenvalue weighted by atomic mass is 28.3. The zero-order valence-corrected chi connectivity index (χ0v) is 38.1. The number of aliphatic hydroxyl groups excluding tert-OH is 1. The van der Waals surface area contributed by atoms with Gasteiger partial charge in [0.1, 0.15) is 30.3 Å². The Morgan fingerprint density at radius 3 is 1.93 bits per heavy atom. The molecule has 2 aliphatic heterocycles. The summed E-state index contributed by atoms with van der Waals surface area (Å²) in [5, 5.41) is 16.9. The first-order valence-electron chi connectivity index (χ1n) is 20.8. The fourth-order valence-electron chi connectivity index (χ4n) is 8.93. The number of aromatic nitrogens is 4. The van der Waals surface area contributed by atoms with Crippen LogP contribution in [0.2, 0.25) is 38.3 Å². The van der Waals surface area contributed by atoms with E-state index in [0.717, 1.165) is 67.9 Å². The summed E-state index contributed by atoms with van der Waals surface area (Å²) in [7, 11) is -2.25. The number of benzene rings is 3. The zero-order valence-electron chi connectivity index (χ0n) is 36.1. The first kappa shape index (κ1) is 42.8.